The summed E-state index contributed by atoms with van der Waals surface area (Å²) < 4.78 is 28.0. The second-order valence-corrected chi connectivity index (χ2v) is 10.9. The number of hydrogen-bond acceptors (Lipinski definition) is 5. The monoisotopic (exact) mass is 463 g/mol. The van der Waals surface area contributed by atoms with Gasteiger partial charge in [0.05, 0.1) is 20.1 Å². The third-order valence-electron chi connectivity index (χ3n) is 5.55. The van der Waals surface area contributed by atoms with Crippen LogP contribution in [-0.2, 0) is 10.0 Å². The maximum Gasteiger partial charge on any atom is 0.257 e. The zero-order valence-corrected chi connectivity index (χ0v) is 19.1. The molecule has 0 unspecified atom stereocenters. The molecule has 158 valence electrons. The normalized spacial score (nSPS) is 15.2. The largest absolute Gasteiger partial charge is 0.298 e. The molecule has 0 radical (unpaired) electrons. The zero-order valence-electron chi connectivity index (χ0n) is 16.7. The van der Waals surface area contributed by atoms with Crippen molar-refractivity contribution in [1.29, 1.82) is 0 Å². The van der Waals surface area contributed by atoms with E-state index in [1.807, 2.05) is 19.1 Å². The van der Waals surface area contributed by atoms with Crippen LogP contribution < -0.4 is 5.32 Å². The molecule has 0 atom stereocenters. The molecule has 0 aliphatic heterocycles. The molecular formula is C21H22ClN3O3S2. The van der Waals surface area contributed by atoms with Gasteiger partial charge in [0.25, 0.3) is 5.91 Å². The van der Waals surface area contributed by atoms with E-state index in [9.17, 15) is 13.2 Å². The van der Waals surface area contributed by atoms with E-state index < -0.39 is 10.0 Å². The molecule has 1 aromatic heterocycles. The van der Waals surface area contributed by atoms with Gasteiger partial charge in [0.15, 0.2) is 5.13 Å². The van der Waals surface area contributed by atoms with E-state index in [0.29, 0.717) is 15.7 Å². The summed E-state index contributed by atoms with van der Waals surface area (Å²) in [5, 5.41) is 3.82. The second kappa shape index (κ2) is 8.26. The number of aromatic nitrogens is 1. The minimum atomic E-state index is -3.57. The molecule has 0 saturated heterocycles. The molecule has 1 saturated carbocycles. The number of anilines is 1. The van der Waals surface area contributed by atoms with Crippen LogP contribution in [0, 0.1) is 6.92 Å². The Morgan fingerprint density at radius 3 is 2.47 bits per heavy atom. The zero-order chi connectivity index (χ0) is 21.5. The van der Waals surface area contributed by atoms with Crippen LogP contribution >= 0.6 is 22.9 Å². The highest BCUT2D eigenvalue weighted by Crippen LogP contribution is 2.34. The van der Waals surface area contributed by atoms with Crippen LogP contribution in [-0.4, -0.2) is 36.7 Å². The van der Waals surface area contributed by atoms with Crippen molar-refractivity contribution in [3.05, 3.63) is 52.5 Å². The van der Waals surface area contributed by atoms with Gasteiger partial charge in [-0.05, 0) is 55.7 Å². The molecule has 30 heavy (non-hydrogen) atoms. The summed E-state index contributed by atoms with van der Waals surface area (Å²) >= 11 is 7.53. The number of nitrogens with zero attached hydrogens (tertiary/aromatic N) is 2. The van der Waals surface area contributed by atoms with Gasteiger partial charge in [0.2, 0.25) is 10.0 Å². The van der Waals surface area contributed by atoms with Crippen LogP contribution in [0.3, 0.4) is 0 Å². The number of halogens is 1. The number of nitrogens with one attached hydrogen (secondary N) is 1. The lowest BCUT2D eigenvalue weighted by molar-refractivity contribution is 0.102. The smallest absolute Gasteiger partial charge is 0.257 e. The van der Waals surface area contributed by atoms with Crippen molar-refractivity contribution in [3.8, 4) is 0 Å². The molecule has 1 aliphatic carbocycles. The number of thiazole rings is 1. The summed E-state index contributed by atoms with van der Waals surface area (Å²) in [4.78, 5) is 17.3. The molecule has 1 N–H and O–H groups in total. The Morgan fingerprint density at radius 1 is 1.17 bits per heavy atom. The van der Waals surface area contributed by atoms with Crippen LogP contribution in [0.5, 0.6) is 0 Å². The third kappa shape index (κ3) is 3.97. The molecule has 0 spiro atoms. The van der Waals surface area contributed by atoms with Crippen LogP contribution in [0.25, 0.3) is 10.2 Å². The van der Waals surface area contributed by atoms with Crippen molar-refractivity contribution in [3.63, 3.8) is 0 Å². The van der Waals surface area contributed by atoms with E-state index in [0.717, 1.165) is 41.5 Å². The van der Waals surface area contributed by atoms with Gasteiger partial charge in [0, 0.05) is 18.7 Å². The van der Waals surface area contributed by atoms with Gasteiger partial charge in [-0.3, -0.25) is 10.1 Å². The lowest BCUT2D eigenvalue weighted by Gasteiger charge is -2.23. The van der Waals surface area contributed by atoms with Gasteiger partial charge in [-0.15, -0.1) is 0 Å². The molecule has 1 aliphatic rings. The van der Waals surface area contributed by atoms with E-state index in [1.165, 1.54) is 39.9 Å². The second-order valence-electron chi connectivity index (χ2n) is 7.50. The number of carbonyl (C=O) groups excluding carboxylic acids is 1. The summed E-state index contributed by atoms with van der Waals surface area (Å²) in [5.41, 5.74) is 2.10. The fourth-order valence-electron chi connectivity index (χ4n) is 3.73. The average Bonchev–Trinajstić information content (AvgIpc) is 3.41. The molecule has 6 nitrogen and oxygen atoms in total. The number of hydrogen-bond donors (Lipinski definition) is 1. The Morgan fingerprint density at radius 2 is 1.83 bits per heavy atom. The Bertz CT molecular complexity index is 1160. The number of rotatable bonds is 5. The molecule has 1 fully saturated rings. The Hall–Kier alpha value is -2.00. The quantitative estimate of drug-likeness (QED) is 0.572. The highest BCUT2D eigenvalue weighted by molar-refractivity contribution is 7.89. The first kappa shape index (κ1) is 21.2. The summed E-state index contributed by atoms with van der Waals surface area (Å²) in [6, 6.07) is 9.76. The minimum absolute atomic E-state index is 0.0484. The van der Waals surface area contributed by atoms with Crippen molar-refractivity contribution in [2.24, 2.45) is 0 Å². The van der Waals surface area contributed by atoms with Crippen LogP contribution in [0.15, 0.2) is 41.3 Å². The van der Waals surface area contributed by atoms with Gasteiger partial charge in [-0.25, -0.2) is 13.4 Å². The molecule has 9 heteroatoms. The number of benzene rings is 2. The Kier molecular flexibility index (Phi) is 5.85. The third-order valence-corrected chi connectivity index (χ3v) is 8.91. The fourth-order valence-corrected chi connectivity index (χ4v) is 6.36. The van der Waals surface area contributed by atoms with Crippen LogP contribution in [0.4, 0.5) is 5.13 Å². The highest BCUT2D eigenvalue weighted by atomic mass is 35.5. The van der Waals surface area contributed by atoms with Crippen LogP contribution in [0.2, 0.25) is 5.02 Å². The maximum atomic E-state index is 12.9. The standard InChI is InChI=1S/C21H22ClN3O3S2/c1-13-7-12-17(22)19-18(13)23-21(29-19)24-20(26)14-8-10-16(11-9-14)30(27,28)25(2)15-5-3-4-6-15/h7-12,15H,3-6H2,1-2H3,(H,23,24,26). The molecule has 0 bridgehead atoms. The number of amides is 1. The van der Waals surface area contributed by atoms with Gasteiger partial charge in [-0.2, -0.15) is 4.31 Å². The molecule has 1 heterocycles. The molecule has 1 amide bonds. The highest BCUT2D eigenvalue weighted by Gasteiger charge is 2.30. The van der Waals surface area contributed by atoms with Crippen molar-refractivity contribution >= 4 is 54.2 Å². The molecule has 3 aromatic rings. The van der Waals surface area contributed by atoms with E-state index in [-0.39, 0.29) is 16.8 Å². The maximum absolute atomic E-state index is 12.9. The SMILES string of the molecule is Cc1ccc(Cl)c2sc(NC(=O)c3ccc(S(=O)(=O)N(C)C4CCCC4)cc3)nc12. The van der Waals surface area contributed by atoms with E-state index in [1.54, 1.807) is 7.05 Å². The van der Waals surface area contributed by atoms with Crippen molar-refractivity contribution in [2.75, 3.05) is 12.4 Å². The van der Waals surface area contributed by atoms with Crippen LogP contribution in [0.1, 0.15) is 41.6 Å². The van der Waals surface area contributed by atoms with Crippen molar-refractivity contribution in [1.82, 2.24) is 9.29 Å². The first-order chi connectivity index (χ1) is 14.3. The van der Waals surface area contributed by atoms with E-state index >= 15 is 0 Å². The number of sulfonamides is 1. The molecule has 4 rings (SSSR count). The summed E-state index contributed by atoms with van der Waals surface area (Å²) in [6.07, 6.45) is 3.89. The van der Waals surface area contributed by atoms with Gasteiger partial charge >= 0.3 is 0 Å². The van der Waals surface area contributed by atoms with E-state index in [4.69, 9.17) is 11.6 Å². The molecular weight excluding hydrogens is 442 g/mol. The topological polar surface area (TPSA) is 79.4 Å². The predicted octanol–water partition coefficient (Wildman–Crippen LogP) is 5.07. The Balaban J connectivity index is 1.52. The van der Waals surface area contributed by atoms with Gasteiger partial charge in [0.1, 0.15) is 0 Å². The first-order valence-electron chi connectivity index (χ1n) is 9.72. The van der Waals surface area contributed by atoms with Gasteiger partial charge < -0.3 is 0 Å². The number of aryl methyl sites for hydroxylation is 1. The fraction of sp³-hybridized carbons (Fsp3) is 0.333. The average molecular weight is 464 g/mol. The van der Waals surface area contributed by atoms with E-state index in [2.05, 4.69) is 10.3 Å². The summed E-state index contributed by atoms with van der Waals surface area (Å²) in [6.45, 7) is 1.94. The number of fused-ring (bicyclic) bond motifs is 1. The summed E-state index contributed by atoms with van der Waals surface area (Å²) in [7, 11) is -1.94. The summed E-state index contributed by atoms with van der Waals surface area (Å²) in [5.74, 6) is -0.351. The lowest BCUT2D eigenvalue weighted by Crippen LogP contribution is -2.35. The Labute approximate surface area is 184 Å². The van der Waals surface area contributed by atoms with Crippen molar-refractivity contribution < 1.29 is 13.2 Å². The number of carbonyl (C=O) groups is 1. The first-order valence-corrected chi connectivity index (χ1v) is 12.4. The lowest BCUT2D eigenvalue weighted by atomic mass is 10.2. The minimum Gasteiger partial charge on any atom is -0.298 e. The molecule has 2 aromatic carbocycles. The van der Waals surface area contributed by atoms with Crippen molar-refractivity contribution in [2.45, 2.75) is 43.5 Å². The predicted molar refractivity (Wildman–Crippen MR) is 121 cm³/mol. The van der Waals surface area contributed by atoms with Gasteiger partial charge in [-0.1, -0.05) is 41.8 Å².